The summed E-state index contributed by atoms with van der Waals surface area (Å²) in [6.45, 7) is 11.0. The first-order valence-corrected chi connectivity index (χ1v) is 10.6. The second kappa shape index (κ2) is 8.27. The van der Waals surface area contributed by atoms with E-state index in [0.29, 0.717) is 19.4 Å². The fraction of sp³-hybridized carbons (Fsp3) is 0.667. The highest BCUT2D eigenvalue weighted by atomic mass is 16.7. The van der Waals surface area contributed by atoms with Crippen molar-refractivity contribution in [3.63, 3.8) is 0 Å². The maximum absolute atomic E-state index is 6.37. The molecular formula is C24H38N2O2. The van der Waals surface area contributed by atoms with E-state index in [2.05, 4.69) is 69.0 Å². The maximum atomic E-state index is 6.37. The minimum absolute atomic E-state index is 0.0778. The summed E-state index contributed by atoms with van der Waals surface area (Å²) in [6, 6.07) is 11.3. The third kappa shape index (κ3) is 3.56. The average Bonchev–Trinajstić information content (AvgIpc) is 2.72. The standard InChI is InChI=1S/C24H38N2O2/c1-19-13-16-26(23(4,22(19,2)3)28-18-27-5)21-11-14-24(17-25,15-12-21)20-9-7-6-8-10-20/h6-10,13,21H,11-12,14-18,25H2,1-5H3. The van der Waals surface area contributed by atoms with Crippen molar-refractivity contribution in [1.82, 2.24) is 4.90 Å². The molecule has 0 amide bonds. The zero-order chi connectivity index (χ0) is 20.4. The first-order chi connectivity index (χ1) is 13.3. The van der Waals surface area contributed by atoms with Crippen LogP contribution in [0.2, 0.25) is 0 Å². The van der Waals surface area contributed by atoms with Gasteiger partial charge in [-0.05, 0) is 45.1 Å². The van der Waals surface area contributed by atoms with Crippen LogP contribution in [0.4, 0.5) is 0 Å². The summed E-state index contributed by atoms with van der Waals surface area (Å²) >= 11 is 0. The zero-order valence-corrected chi connectivity index (χ0v) is 18.3. The summed E-state index contributed by atoms with van der Waals surface area (Å²) in [7, 11) is 1.70. The van der Waals surface area contributed by atoms with Gasteiger partial charge in [0, 0.05) is 37.1 Å². The van der Waals surface area contributed by atoms with Crippen molar-refractivity contribution < 1.29 is 9.47 Å². The summed E-state index contributed by atoms with van der Waals surface area (Å²) in [6.07, 6.45) is 6.90. The highest BCUT2D eigenvalue weighted by Crippen LogP contribution is 2.49. The molecular weight excluding hydrogens is 348 g/mol. The van der Waals surface area contributed by atoms with Gasteiger partial charge in [0.25, 0.3) is 0 Å². The number of benzene rings is 1. The minimum Gasteiger partial charge on any atom is -0.359 e. The Bertz CT molecular complexity index is 677. The number of methoxy groups -OCH3 is 1. The van der Waals surface area contributed by atoms with Crippen LogP contribution in [0.3, 0.4) is 0 Å². The van der Waals surface area contributed by atoms with E-state index in [1.54, 1.807) is 7.11 Å². The molecule has 1 fully saturated rings. The molecule has 1 unspecified atom stereocenters. The quantitative estimate of drug-likeness (QED) is 0.580. The number of hydrogen-bond donors (Lipinski definition) is 1. The number of hydrogen-bond acceptors (Lipinski definition) is 4. The smallest absolute Gasteiger partial charge is 0.148 e. The van der Waals surface area contributed by atoms with E-state index in [9.17, 15) is 0 Å². The molecule has 1 aromatic rings. The van der Waals surface area contributed by atoms with Crippen LogP contribution in [-0.4, -0.2) is 43.7 Å². The van der Waals surface area contributed by atoms with Crippen LogP contribution >= 0.6 is 0 Å². The molecule has 4 nitrogen and oxygen atoms in total. The van der Waals surface area contributed by atoms with Gasteiger partial charge in [-0.3, -0.25) is 4.90 Å². The van der Waals surface area contributed by atoms with E-state index in [1.165, 1.54) is 11.1 Å². The molecule has 1 aliphatic heterocycles. The Morgan fingerprint density at radius 1 is 1.11 bits per heavy atom. The molecule has 0 radical (unpaired) electrons. The van der Waals surface area contributed by atoms with Crippen molar-refractivity contribution in [3.8, 4) is 0 Å². The Morgan fingerprint density at radius 3 is 2.32 bits per heavy atom. The van der Waals surface area contributed by atoms with Crippen molar-refractivity contribution in [2.45, 2.75) is 70.6 Å². The molecule has 28 heavy (non-hydrogen) atoms. The second-order valence-corrected chi connectivity index (χ2v) is 9.28. The van der Waals surface area contributed by atoms with Crippen LogP contribution < -0.4 is 5.73 Å². The highest BCUT2D eigenvalue weighted by molar-refractivity contribution is 5.27. The van der Waals surface area contributed by atoms with Gasteiger partial charge in [0.15, 0.2) is 0 Å². The van der Waals surface area contributed by atoms with Crippen molar-refractivity contribution in [1.29, 1.82) is 0 Å². The Hall–Kier alpha value is -1.20. The van der Waals surface area contributed by atoms with Crippen LogP contribution in [0.5, 0.6) is 0 Å². The lowest BCUT2D eigenvalue weighted by Gasteiger charge is -2.57. The van der Waals surface area contributed by atoms with Crippen LogP contribution in [0, 0.1) is 5.41 Å². The summed E-state index contributed by atoms with van der Waals surface area (Å²) in [4.78, 5) is 2.57. The molecule has 1 heterocycles. The number of rotatable bonds is 6. The fourth-order valence-electron chi connectivity index (χ4n) is 5.19. The molecule has 0 aromatic heterocycles. The number of nitrogens with two attached hydrogens (primary N) is 1. The Kier molecular flexibility index (Phi) is 6.35. The van der Waals surface area contributed by atoms with Crippen LogP contribution in [0.1, 0.15) is 58.9 Å². The molecule has 3 rings (SSSR count). The summed E-state index contributed by atoms with van der Waals surface area (Å²) in [5, 5.41) is 0. The van der Waals surface area contributed by atoms with Crippen LogP contribution in [-0.2, 0) is 14.9 Å². The molecule has 156 valence electrons. The van der Waals surface area contributed by atoms with Gasteiger partial charge in [0.2, 0.25) is 0 Å². The lowest BCUT2D eigenvalue weighted by molar-refractivity contribution is -0.251. The fourth-order valence-corrected chi connectivity index (χ4v) is 5.19. The lowest BCUT2D eigenvalue weighted by Crippen LogP contribution is -2.64. The van der Waals surface area contributed by atoms with Gasteiger partial charge in [-0.15, -0.1) is 0 Å². The van der Waals surface area contributed by atoms with Gasteiger partial charge in [-0.1, -0.05) is 55.8 Å². The van der Waals surface area contributed by atoms with Crippen molar-refractivity contribution in [2.75, 3.05) is 27.0 Å². The van der Waals surface area contributed by atoms with E-state index in [-0.39, 0.29) is 16.6 Å². The Balaban J connectivity index is 1.82. The first kappa shape index (κ1) is 21.5. The lowest BCUT2D eigenvalue weighted by atomic mass is 9.66. The summed E-state index contributed by atoms with van der Waals surface area (Å²) < 4.78 is 11.7. The van der Waals surface area contributed by atoms with E-state index >= 15 is 0 Å². The third-order valence-electron chi connectivity index (χ3n) is 7.88. The second-order valence-electron chi connectivity index (χ2n) is 9.28. The van der Waals surface area contributed by atoms with Crippen LogP contribution in [0.25, 0.3) is 0 Å². The predicted molar refractivity (Wildman–Crippen MR) is 115 cm³/mol. The molecule has 1 aliphatic carbocycles. The van der Waals surface area contributed by atoms with E-state index < -0.39 is 0 Å². The average molecular weight is 387 g/mol. The molecule has 0 bridgehead atoms. The number of nitrogens with zero attached hydrogens (tertiary/aromatic N) is 1. The molecule has 2 aliphatic rings. The monoisotopic (exact) mass is 386 g/mol. The molecule has 1 aromatic carbocycles. The number of ether oxygens (including phenoxy) is 2. The molecule has 1 atom stereocenters. The Morgan fingerprint density at radius 2 is 1.75 bits per heavy atom. The van der Waals surface area contributed by atoms with E-state index in [4.69, 9.17) is 15.2 Å². The Labute approximate surface area is 171 Å². The SMILES string of the molecule is COCOC1(C)N(C2CCC(CN)(c3ccccc3)CC2)CC=C(C)C1(C)C. The summed E-state index contributed by atoms with van der Waals surface area (Å²) in [5.74, 6) is 0. The zero-order valence-electron chi connectivity index (χ0n) is 18.3. The van der Waals surface area contributed by atoms with Gasteiger partial charge < -0.3 is 15.2 Å². The predicted octanol–water partition coefficient (Wildman–Crippen LogP) is 4.45. The van der Waals surface area contributed by atoms with E-state index in [1.807, 2.05) is 0 Å². The van der Waals surface area contributed by atoms with Gasteiger partial charge in [-0.2, -0.15) is 0 Å². The topological polar surface area (TPSA) is 47.7 Å². The largest absolute Gasteiger partial charge is 0.359 e. The van der Waals surface area contributed by atoms with Crippen molar-refractivity contribution >= 4 is 0 Å². The van der Waals surface area contributed by atoms with Crippen molar-refractivity contribution in [2.24, 2.45) is 11.1 Å². The maximum Gasteiger partial charge on any atom is 0.148 e. The normalized spacial score (nSPS) is 33.5. The molecule has 1 saturated carbocycles. The highest BCUT2D eigenvalue weighted by Gasteiger charge is 2.52. The van der Waals surface area contributed by atoms with Gasteiger partial charge in [0.05, 0.1) is 0 Å². The van der Waals surface area contributed by atoms with Crippen molar-refractivity contribution in [3.05, 3.63) is 47.5 Å². The minimum atomic E-state index is -0.387. The molecule has 2 N–H and O–H groups in total. The molecule has 0 spiro atoms. The third-order valence-corrected chi connectivity index (χ3v) is 7.88. The molecule has 4 heteroatoms. The van der Waals surface area contributed by atoms with Gasteiger partial charge >= 0.3 is 0 Å². The van der Waals surface area contributed by atoms with Crippen LogP contribution in [0.15, 0.2) is 42.0 Å². The molecule has 0 saturated heterocycles. The first-order valence-electron chi connectivity index (χ1n) is 10.6. The summed E-state index contributed by atoms with van der Waals surface area (Å²) in [5.41, 5.74) is 8.74. The van der Waals surface area contributed by atoms with E-state index in [0.717, 1.165) is 32.2 Å². The van der Waals surface area contributed by atoms with Gasteiger partial charge in [0.1, 0.15) is 12.5 Å². The van der Waals surface area contributed by atoms with Gasteiger partial charge in [-0.25, -0.2) is 0 Å².